The van der Waals surface area contributed by atoms with Gasteiger partial charge in [-0.2, -0.15) is 0 Å². The molecule has 0 saturated carbocycles. The Labute approximate surface area is 190 Å². The first-order valence-corrected chi connectivity index (χ1v) is 10.5. The van der Waals surface area contributed by atoms with Gasteiger partial charge in [0.25, 0.3) is 11.7 Å². The van der Waals surface area contributed by atoms with Gasteiger partial charge in [0.15, 0.2) is 11.5 Å². The number of halogens is 1. The number of phenols is 1. The van der Waals surface area contributed by atoms with E-state index in [1.54, 1.807) is 30.3 Å². The molecule has 1 aliphatic rings. The van der Waals surface area contributed by atoms with Gasteiger partial charge >= 0.3 is 0 Å². The summed E-state index contributed by atoms with van der Waals surface area (Å²) in [6, 6.07) is 9.98. The number of phenolic OH excluding ortho intramolecular Hbond substituents is 1. The Bertz CT molecular complexity index is 1020. The second kappa shape index (κ2) is 10.5. The lowest BCUT2D eigenvalue weighted by molar-refractivity contribution is -0.139. The van der Waals surface area contributed by atoms with Crippen LogP contribution in [0.5, 0.6) is 11.5 Å². The van der Waals surface area contributed by atoms with Crippen molar-refractivity contribution in [1.82, 2.24) is 10.2 Å². The van der Waals surface area contributed by atoms with Crippen LogP contribution in [0.1, 0.15) is 23.6 Å². The second-order valence-electron chi connectivity index (χ2n) is 7.26. The monoisotopic (exact) mass is 460 g/mol. The lowest BCUT2D eigenvalue weighted by Gasteiger charge is -2.26. The van der Waals surface area contributed by atoms with Gasteiger partial charge in [-0.3, -0.25) is 9.59 Å². The molecule has 0 aliphatic carbocycles. The molecule has 2 aromatic rings. The van der Waals surface area contributed by atoms with Gasteiger partial charge in [0.05, 0.1) is 25.3 Å². The zero-order chi connectivity index (χ0) is 23.3. The summed E-state index contributed by atoms with van der Waals surface area (Å²) in [6.07, 6.45) is 0.528. The fourth-order valence-electron chi connectivity index (χ4n) is 3.66. The Hall–Kier alpha value is -3.07. The van der Waals surface area contributed by atoms with Gasteiger partial charge in [0, 0.05) is 23.7 Å². The number of carbonyl (C=O) groups excluding carboxylic acids is 2. The van der Waals surface area contributed by atoms with Crippen LogP contribution in [0.15, 0.2) is 48.0 Å². The van der Waals surface area contributed by atoms with E-state index in [-0.39, 0.29) is 36.0 Å². The van der Waals surface area contributed by atoms with Crippen molar-refractivity contribution < 1.29 is 29.6 Å². The Balaban J connectivity index is 2.05. The average Bonchev–Trinajstić information content (AvgIpc) is 3.04. The van der Waals surface area contributed by atoms with Crippen molar-refractivity contribution in [3.63, 3.8) is 0 Å². The van der Waals surface area contributed by atoms with Gasteiger partial charge in [-0.15, -0.1) is 0 Å². The fraction of sp³-hybridized carbons (Fsp3) is 0.304. The number of carbonyl (C=O) groups is 2. The lowest BCUT2D eigenvalue weighted by Crippen LogP contribution is -2.32. The van der Waals surface area contributed by atoms with E-state index in [0.717, 1.165) is 0 Å². The van der Waals surface area contributed by atoms with Crippen molar-refractivity contribution in [2.75, 3.05) is 33.4 Å². The van der Waals surface area contributed by atoms with Gasteiger partial charge in [-0.1, -0.05) is 17.7 Å². The molecule has 1 saturated heterocycles. The Morgan fingerprint density at radius 1 is 1.16 bits per heavy atom. The van der Waals surface area contributed by atoms with Crippen molar-refractivity contribution in [2.24, 2.45) is 0 Å². The van der Waals surface area contributed by atoms with E-state index in [9.17, 15) is 19.8 Å². The van der Waals surface area contributed by atoms with Crippen LogP contribution in [0.25, 0.3) is 5.76 Å². The minimum Gasteiger partial charge on any atom is -0.507 e. The summed E-state index contributed by atoms with van der Waals surface area (Å²) in [6.45, 7) is 1.20. The molecule has 1 heterocycles. The van der Waals surface area contributed by atoms with Gasteiger partial charge in [0.2, 0.25) is 0 Å². The molecule has 9 heteroatoms. The molecule has 170 valence electrons. The molecule has 1 atom stereocenters. The zero-order valence-electron chi connectivity index (χ0n) is 17.5. The van der Waals surface area contributed by atoms with Crippen molar-refractivity contribution in [1.29, 1.82) is 0 Å². The Morgan fingerprint density at radius 3 is 2.53 bits per heavy atom. The largest absolute Gasteiger partial charge is 0.507 e. The smallest absolute Gasteiger partial charge is 0.295 e. The number of hydrogen-bond donors (Lipinski definition) is 4. The maximum Gasteiger partial charge on any atom is 0.295 e. The molecule has 1 amide bonds. The van der Waals surface area contributed by atoms with Crippen LogP contribution in [0, 0.1) is 0 Å². The quantitative estimate of drug-likeness (QED) is 0.196. The van der Waals surface area contributed by atoms with Crippen LogP contribution in [0.2, 0.25) is 5.02 Å². The molecule has 1 fully saturated rings. The highest BCUT2D eigenvalue weighted by atomic mass is 35.5. The van der Waals surface area contributed by atoms with Gasteiger partial charge < -0.3 is 30.3 Å². The molecular formula is C23H25ClN2O6. The average molecular weight is 461 g/mol. The highest BCUT2D eigenvalue weighted by Crippen LogP contribution is 2.41. The van der Waals surface area contributed by atoms with Crippen LogP contribution in [-0.4, -0.2) is 65.3 Å². The standard InChI is InChI=1S/C23H25ClN2O6/c1-32-18-13-15(5-8-17(18)28)20-19(21(29)14-3-6-16(24)7-4-14)22(30)23(31)26(20)11-2-9-25-10-12-27/h3-8,13,20,25,27-29H,2,9-12H2,1H3/t20-/m0/s1. The van der Waals surface area contributed by atoms with Gasteiger partial charge in [0.1, 0.15) is 5.76 Å². The Morgan fingerprint density at radius 2 is 1.88 bits per heavy atom. The number of amides is 1. The molecule has 8 nitrogen and oxygen atoms in total. The molecule has 32 heavy (non-hydrogen) atoms. The molecule has 0 aromatic heterocycles. The minimum absolute atomic E-state index is 0.00108. The number of benzene rings is 2. The van der Waals surface area contributed by atoms with Crippen LogP contribution in [0.3, 0.4) is 0 Å². The molecule has 2 aromatic carbocycles. The summed E-state index contributed by atoms with van der Waals surface area (Å²) in [5.41, 5.74) is 0.818. The number of aliphatic hydroxyl groups excluding tert-OH is 2. The SMILES string of the molecule is COc1cc([C@H]2C(=C(O)c3ccc(Cl)cc3)C(=O)C(=O)N2CCCNCCO)ccc1O. The first-order valence-electron chi connectivity index (χ1n) is 10.1. The highest BCUT2D eigenvalue weighted by Gasteiger charge is 2.46. The molecule has 0 bridgehead atoms. The molecule has 0 spiro atoms. The number of nitrogens with one attached hydrogen (secondary N) is 1. The zero-order valence-corrected chi connectivity index (χ0v) is 18.3. The van der Waals surface area contributed by atoms with Crippen LogP contribution in [0.4, 0.5) is 0 Å². The third kappa shape index (κ3) is 4.88. The van der Waals surface area contributed by atoms with Crippen LogP contribution in [-0.2, 0) is 9.59 Å². The maximum atomic E-state index is 13.0. The summed E-state index contributed by atoms with van der Waals surface area (Å²) >= 11 is 5.93. The third-order valence-corrected chi connectivity index (χ3v) is 5.47. The van der Waals surface area contributed by atoms with Crippen molar-refractivity contribution in [3.05, 3.63) is 64.2 Å². The molecule has 0 unspecified atom stereocenters. The number of hydrogen-bond acceptors (Lipinski definition) is 7. The van der Waals surface area contributed by atoms with E-state index in [4.69, 9.17) is 21.4 Å². The number of likely N-dealkylation sites (tertiary alicyclic amines) is 1. The summed E-state index contributed by atoms with van der Waals surface area (Å²) in [5.74, 6) is -1.72. The topological polar surface area (TPSA) is 119 Å². The predicted octanol–water partition coefficient (Wildman–Crippen LogP) is 2.45. The molecule has 0 radical (unpaired) electrons. The van der Waals surface area contributed by atoms with Crippen molar-refractivity contribution in [2.45, 2.75) is 12.5 Å². The summed E-state index contributed by atoms with van der Waals surface area (Å²) in [4.78, 5) is 27.3. The normalized spacial score (nSPS) is 17.7. The number of aliphatic hydroxyl groups is 2. The molecule has 3 rings (SSSR count). The maximum absolute atomic E-state index is 13.0. The van der Waals surface area contributed by atoms with Crippen molar-refractivity contribution in [3.8, 4) is 11.5 Å². The van der Waals surface area contributed by atoms with Crippen LogP contribution >= 0.6 is 11.6 Å². The molecule has 4 N–H and O–H groups in total. The molecular weight excluding hydrogens is 436 g/mol. The van der Waals surface area contributed by atoms with E-state index in [1.165, 1.54) is 24.1 Å². The summed E-state index contributed by atoms with van der Waals surface area (Å²) in [5, 5.41) is 33.4. The second-order valence-corrected chi connectivity index (χ2v) is 7.69. The number of ether oxygens (including phenoxy) is 1. The highest BCUT2D eigenvalue weighted by molar-refractivity contribution is 6.46. The van der Waals surface area contributed by atoms with Crippen LogP contribution < -0.4 is 10.1 Å². The van der Waals surface area contributed by atoms with E-state index < -0.39 is 17.7 Å². The summed E-state index contributed by atoms with van der Waals surface area (Å²) < 4.78 is 5.19. The summed E-state index contributed by atoms with van der Waals surface area (Å²) in [7, 11) is 1.40. The van der Waals surface area contributed by atoms with E-state index in [0.29, 0.717) is 35.7 Å². The van der Waals surface area contributed by atoms with Crippen molar-refractivity contribution >= 4 is 29.1 Å². The predicted molar refractivity (Wildman–Crippen MR) is 120 cm³/mol. The van der Waals surface area contributed by atoms with E-state index >= 15 is 0 Å². The first kappa shape index (κ1) is 23.6. The van der Waals surface area contributed by atoms with E-state index in [1.807, 2.05) is 0 Å². The third-order valence-electron chi connectivity index (χ3n) is 5.22. The lowest BCUT2D eigenvalue weighted by atomic mass is 9.95. The Kier molecular flexibility index (Phi) is 7.74. The number of nitrogens with zero attached hydrogens (tertiary/aromatic N) is 1. The molecule has 1 aliphatic heterocycles. The van der Waals surface area contributed by atoms with E-state index in [2.05, 4.69) is 5.32 Å². The number of aromatic hydroxyl groups is 1. The van der Waals surface area contributed by atoms with Gasteiger partial charge in [-0.25, -0.2) is 0 Å². The number of Topliss-reactive ketones (excluding diaryl/α,β-unsaturated/α-hetero) is 1. The number of methoxy groups -OCH3 is 1. The number of rotatable bonds is 9. The van der Waals surface area contributed by atoms with Gasteiger partial charge in [-0.05, 0) is 54.9 Å². The number of ketones is 1. The first-order chi connectivity index (χ1) is 15.4. The minimum atomic E-state index is -0.863. The fourth-order valence-corrected chi connectivity index (χ4v) is 3.79.